The molecule has 1 aromatic carbocycles. The average molecular weight is 239 g/mol. The monoisotopic (exact) mass is 239 g/mol. The Kier molecular flexibility index (Phi) is 2.80. The first-order valence-corrected chi connectivity index (χ1v) is 7.27. The van der Waals surface area contributed by atoms with Crippen molar-refractivity contribution in [3.8, 4) is 0 Å². The molecule has 0 radical (unpaired) electrons. The fourth-order valence-corrected chi connectivity index (χ4v) is 3.27. The summed E-state index contributed by atoms with van der Waals surface area (Å²) in [7, 11) is -1.46. The second-order valence-corrected chi connectivity index (χ2v) is 6.65. The van der Waals surface area contributed by atoms with E-state index < -0.39 is 10.0 Å². The third-order valence-corrected chi connectivity index (χ3v) is 4.64. The molecular weight excluding hydrogens is 222 g/mol. The summed E-state index contributed by atoms with van der Waals surface area (Å²) >= 11 is 0. The summed E-state index contributed by atoms with van der Waals surface area (Å²) in [5.41, 5.74) is 2.43. The summed E-state index contributed by atoms with van der Waals surface area (Å²) < 4.78 is 24.7. The highest BCUT2D eigenvalue weighted by atomic mass is 32.2. The molecule has 0 heterocycles. The van der Waals surface area contributed by atoms with Gasteiger partial charge in [0.2, 0.25) is 10.0 Å². The molecule has 0 aromatic heterocycles. The Balaban J connectivity index is 2.43. The Labute approximate surface area is 97.1 Å². The minimum absolute atomic E-state index is 0.00815. The van der Waals surface area contributed by atoms with Crippen LogP contribution in [-0.4, -0.2) is 26.0 Å². The van der Waals surface area contributed by atoms with Crippen molar-refractivity contribution in [2.45, 2.75) is 19.4 Å². The molecule has 0 fully saturated rings. The smallest absolute Gasteiger partial charge is 0.211 e. The SMILES string of the molecule is C[C@@H]1Cc2ccccc2[C@H]1N(C)S(C)(=O)=O. The molecule has 0 amide bonds. The molecule has 88 valence electrons. The third kappa shape index (κ3) is 1.87. The lowest BCUT2D eigenvalue weighted by Gasteiger charge is -2.26. The van der Waals surface area contributed by atoms with Crippen LogP contribution in [0, 0.1) is 5.92 Å². The van der Waals surface area contributed by atoms with Crippen molar-refractivity contribution in [1.29, 1.82) is 0 Å². The van der Waals surface area contributed by atoms with Crippen LogP contribution in [0.5, 0.6) is 0 Å². The predicted molar refractivity (Wildman–Crippen MR) is 64.7 cm³/mol. The van der Waals surface area contributed by atoms with Gasteiger partial charge in [-0.05, 0) is 23.5 Å². The van der Waals surface area contributed by atoms with Crippen molar-refractivity contribution in [2.24, 2.45) is 5.92 Å². The summed E-state index contributed by atoms with van der Waals surface area (Å²) in [5, 5.41) is 0. The number of hydrogen-bond acceptors (Lipinski definition) is 2. The van der Waals surface area contributed by atoms with Gasteiger partial charge in [0, 0.05) is 7.05 Å². The largest absolute Gasteiger partial charge is 0.212 e. The van der Waals surface area contributed by atoms with Gasteiger partial charge in [0.15, 0.2) is 0 Å². The van der Waals surface area contributed by atoms with Gasteiger partial charge in [0.1, 0.15) is 0 Å². The fourth-order valence-electron chi connectivity index (χ4n) is 2.53. The number of sulfonamides is 1. The predicted octanol–water partition coefficient (Wildman–Crippen LogP) is 1.81. The number of fused-ring (bicyclic) bond motifs is 1. The molecule has 1 aliphatic carbocycles. The van der Waals surface area contributed by atoms with E-state index in [9.17, 15) is 8.42 Å². The maximum Gasteiger partial charge on any atom is 0.211 e. The minimum Gasteiger partial charge on any atom is -0.212 e. The quantitative estimate of drug-likeness (QED) is 0.789. The van der Waals surface area contributed by atoms with Gasteiger partial charge in [-0.15, -0.1) is 0 Å². The molecule has 1 aromatic rings. The maximum atomic E-state index is 11.6. The summed E-state index contributed by atoms with van der Waals surface area (Å²) in [4.78, 5) is 0. The standard InChI is InChI=1S/C12H17NO2S/c1-9-8-10-6-4-5-7-11(10)12(9)13(2)16(3,14)15/h4-7,9,12H,8H2,1-3H3/t9-,12+/m1/s1. The zero-order valence-electron chi connectivity index (χ0n) is 9.84. The van der Waals surface area contributed by atoms with Gasteiger partial charge in [-0.2, -0.15) is 4.31 Å². The number of benzene rings is 1. The van der Waals surface area contributed by atoms with Crippen LogP contribution in [0.2, 0.25) is 0 Å². The van der Waals surface area contributed by atoms with E-state index >= 15 is 0 Å². The van der Waals surface area contributed by atoms with Crippen LogP contribution >= 0.6 is 0 Å². The Morgan fingerprint density at radius 2 is 1.94 bits per heavy atom. The molecule has 0 saturated heterocycles. The molecule has 4 heteroatoms. The fraction of sp³-hybridized carbons (Fsp3) is 0.500. The van der Waals surface area contributed by atoms with Crippen LogP contribution in [0.15, 0.2) is 24.3 Å². The van der Waals surface area contributed by atoms with Gasteiger partial charge in [-0.25, -0.2) is 8.42 Å². The molecule has 3 nitrogen and oxygen atoms in total. The van der Waals surface area contributed by atoms with Crippen molar-refractivity contribution in [1.82, 2.24) is 4.31 Å². The maximum absolute atomic E-state index is 11.6. The zero-order chi connectivity index (χ0) is 11.9. The molecule has 0 spiro atoms. The van der Waals surface area contributed by atoms with Gasteiger partial charge < -0.3 is 0 Å². The first-order chi connectivity index (χ1) is 7.41. The van der Waals surface area contributed by atoms with Crippen LogP contribution in [-0.2, 0) is 16.4 Å². The summed E-state index contributed by atoms with van der Waals surface area (Å²) in [6.07, 6.45) is 2.22. The second kappa shape index (κ2) is 3.86. The molecular formula is C12H17NO2S. The van der Waals surface area contributed by atoms with Crippen molar-refractivity contribution < 1.29 is 8.42 Å². The summed E-state index contributed by atoms with van der Waals surface area (Å²) in [6, 6.07) is 8.09. The number of hydrogen-bond donors (Lipinski definition) is 0. The van der Waals surface area contributed by atoms with Gasteiger partial charge in [-0.1, -0.05) is 31.2 Å². The van der Waals surface area contributed by atoms with Crippen molar-refractivity contribution >= 4 is 10.0 Å². The van der Waals surface area contributed by atoms with E-state index in [4.69, 9.17) is 0 Å². The molecule has 2 atom stereocenters. The van der Waals surface area contributed by atoms with Crippen LogP contribution in [0.1, 0.15) is 24.1 Å². The third-order valence-electron chi connectivity index (χ3n) is 3.37. The van der Waals surface area contributed by atoms with Crippen LogP contribution in [0.25, 0.3) is 0 Å². The highest BCUT2D eigenvalue weighted by Gasteiger charge is 2.35. The molecule has 0 aliphatic heterocycles. The Bertz CT molecular complexity index is 495. The first-order valence-electron chi connectivity index (χ1n) is 5.42. The van der Waals surface area contributed by atoms with Crippen LogP contribution < -0.4 is 0 Å². The van der Waals surface area contributed by atoms with Gasteiger partial charge in [-0.3, -0.25) is 0 Å². The molecule has 2 rings (SSSR count). The topological polar surface area (TPSA) is 37.4 Å². The molecule has 16 heavy (non-hydrogen) atoms. The highest BCUT2D eigenvalue weighted by Crippen LogP contribution is 2.40. The molecule has 1 aliphatic rings. The highest BCUT2D eigenvalue weighted by molar-refractivity contribution is 7.88. The van der Waals surface area contributed by atoms with Crippen LogP contribution in [0.3, 0.4) is 0 Å². The Morgan fingerprint density at radius 3 is 2.56 bits per heavy atom. The average Bonchev–Trinajstić information content (AvgIpc) is 2.51. The van der Waals surface area contributed by atoms with Gasteiger partial charge >= 0.3 is 0 Å². The lowest BCUT2D eigenvalue weighted by atomic mass is 10.0. The molecule has 0 N–H and O–H groups in total. The normalized spacial score (nSPS) is 24.8. The number of nitrogens with zero attached hydrogens (tertiary/aromatic N) is 1. The zero-order valence-corrected chi connectivity index (χ0v) is 10.7. The number of rotatable bonds is 2. The van der Waals surface area contributed by atoms with E-state index in [0.717, 1.165) is 12.0 Å². The minimum atomic E-state index is -3.13. The second-order valence-electron chi connectivity index (χ2n) is 4.60. The van der Waals surface area contributed by atoms with E-state index in [1.54, 1.807) is 7.05 Å². The van der Waals surface area contributed by atoms with Gasteiger partial charge in [0.05, 0.1) is 12.3 Å². The van der Waals surface area contributed by atoms with E-state index in [1.165, 1.54) is 16.1 Å². The van der Waals surface area contributed by atoms with Gasteiger partial charge in [0.25, 0.3) is 0 Å². The lowest BCUT2D eigenvalue weighted by Crippen LogP contribution is -2.32. The van der Waals surface area contributed by atoms with E-state index in [-0.39, 0.29) is 6.04 Å². The Hall–Kier alpha value is -0.870. The summed E-state index contributed by atoms with van der Waals surface area (Å²) in [6.45, 7) is 2.10. The molecule has 0 bridgehead atoms. The molecule has 0 unspecified atom stereocenters. The van der Waals surface area contributed by atoms with Crippen molar-refractivity contribution in [2.75, 3.05) is 13.3 Å². The first kappa shape index (κ1) is 11.6. The lowest BCUT2D eigenvalue weighted by molar-refractivity contribution is 0.308. The molecule has 0 saturated carbocycles. The van der Waals surface area contributed by atoms with Crippen LogP contribution in [0.4, 0.5) is 0 Å². The van der Waals surface area contributed by atoms with E-state index in [0.29, 0.717) is 5.92 Å². The van der Waals surface area contributed by atoms with Crippen molar-refractivity contribution in [3.63, 3.8) is 0 Å². The summed E-state index contributed by atoms with van der Waals surface area (Å²) in [5.74, 6) is 0.345. The van der Waals surface area contributed by atoms with E-state index in [2.05, 4.69) is 13.0 Å². The van der Waals surface area contributed by atoms with E-state index in [1.807, 2.05) is 18.2 Å². The van der Waals surface area contributed by atoms with Crippen molar-refractivity contribution in [3.05, 3.63) is 35.4 Å². The Morgan fingerprint density at radius 1 is 1.31 bits per heavy atom.